The Morgan fingerprint density at radius 3 is 2.19 bits per heavy atom. The zero-order chi connectivity index (χ0) is 11.9. The molecule has 2 rings (SSSR count). The van der Waals surface area contributed by atoms with E-state index in [4.69, 9.17) is 9.47 Å². The Morgan fingerprint density at radius 2 is 1.62 bits per heavy atom. The van der Waals surface area contributed by atoms with Crippen molar-refractivity contribution in [3.63, 3.8) is 0 Å². The molecule has 0 saturated carbocycles. The maximum atomic E-state index is 5.36. The molecule has 5 nitrogen and oxygen atoms in total. The third-order valence-corrected chi connectivity index (χ3v) is 2.66. The lowest BCUT2D eigenvalue weighted by Gasteiger charge is -2.15. The van der Waals surface area contributed by atoms with E-state index in [0.29, 0.717) is 11.8 Å². The van der Waals surface area contributed by atoms with Crippen LogP contribution < -0.4 is 9.47 Å². The highest BCUT2D eigenvalue weighted by Crippen LogP contribution is 2.41. The fraction of sp³-hybridized carbons (Fsp3) is 0.455. The largest absolute Gasteiger partial charge is 0.481 e. The van der Waals surface area contributed by atoms with Crippen LogP contribution in [0.3, 0.4) is 0 Å². The Bertz CT molecular complexity index is 505. The van der Waals surface area contributed by atoms with Gasteiger partial charge in [-0.1, -0.05) is 0 Å². The predicted molar refractivity (Wildman–Crippen MR) is 60.2 cm³/mol. The molecule has 0 saturated heterocycles. The summed E-state index contributed by atoms with van der Waals surface area (Å²) in [6.07, 6.45) is 0. The topological polar surface area (TPSA) is 49.2 Å². The average molecular weight is 221 g/mol. The first kappa shape index (κ1) is 10.7. The number of nitrogens with zero attached hydrogens (tertiary/aromatic N) is 3. The van der Waals surface area contributed by atoms with Crippen molar-refractivity contribution >= 4 is 0 Å². The van der Waals surface area contributed by atoms with Gasteiger partial charge in [-0.05, 0) is 13.8 Å². The van der Waals surface area contributed by atoms with Gasteiger partial charge in [0.15, 0.2) is 0 Å². The van der Waals surface area contributed by atoms with E-state index in [9.17, 15) is 0 Å². The zero-order valence-corrected chi connectivity index (χ0v) is 10.2. The Kier molecular flexibility index (Phi) is 2.46. The third kappa shape index (κ3) is 1.31. The summed E-state index contributed by atoms with van der Waals surface area (Å²) in [7, 11) is 5.06. The highest BCUT2D eigenvalue weighted by atomic mass is 16.5. The van der Waals surface area contributed by atoms with Crippen molar-refractivity contribution in [2.24, 2.45) is 7.05 Å². The van der Waals surface area contributed by atoms with Gasteiger partial charge in [-0.25, -0.2) is 4.68 Å². The Morgan fingerprint density at radius 1 is 1.00 bits per heavy atom. The van der Waals surface area contributed by atoms with Crippen molar-refractivity contribution in [2.45, 2.75) is 13.8 Å². The first-order chi connectivity index (χ1) is 7.60. The average Bonchev–Trinajstić information content (AvgIpc) is 2.54. The first-order valence-corrected chi connectivity index (χ1v) is 5.02. The van der Waals surface area contributed by atoms with Crippen molar-refractivity contribution in [2.75, 3.05) is 14.2 Å². The van der Waals surface area contributed by atoms with Crippen molar-refractivity contribution < 1.29 is 9.47 Å². The van der Waals surface area contributed by atoms with Crippen LogP contribution in [0.15, 0.2) is 0 Å². The molecule has 0 N–H and O–H groups in total. The smallest absolute Gasteiger partial charge is 0.241 e. The summed E-state index contributed by atoms with van der Waals surface area (Å²) in [5.41, 5.74) is 3.74. The molecule has 0 bridgehead atoms. The van der Waals surface area contributed by atoms with E-state index in [1.807, 2.05) is 20.9 Å². The Balaban J connectivity index is 2.86. The summed E-state index contributed by atoms with van der Waals surface area (Å²) in [6.45, 7) is 3.90. The highest BCUT2D eigenvalue weighted by molar-refractivity contribution is 5.79. The molecule has 2 aliphatic rings. The van der Waals surface area contributed by atoms with Crippen LogP contribution in [0.2, 0.25) is 0 Å². The predicted octanol–water partition coefficient (Wildman–Crippen LogP) is 1.55. The van der Waals surface area contributed by atoms with E-state index < -0.39 is 0 Å². The number of fused-ring (bicyclic) bond motifs is 1. The summed E-state index contributed by atoms with van der Waals surface area (Å²) in [6, 6.07) is 0. The van der Waals surface area contributed by atoms with E-state index in [1.54, 1.807) is 18.9 Å². The summed E-state index contributed by atoms with van der Waals surface area (Å²) in [4.78, 5) is 4.44. The van der Waals surface area contributed by atoms with Gasteiger partial charge in [0.1, 0.15) is 0 Å². The van der Waals surface area contributed by atoms with Crippen LogP contribution in [-0.2, 0) is 7.05 Å². The maximum absolute atomic E-state index is 5.36. The molecule has 0 unspecified atom stereocenters. The van der Waals surface area contributed by atoms with E-state index in [0.717, 1.165) is 22.5 Å². The molecular weight excluding hydrogens is 206 g/mol. The molecule has 0 fully saturated rings. The maximum Gasteiger partial charge on any atom is 0.241 e. The number of aromatic nitrogens is 3. The number of aryl methyl sites for hydroxylation is 3. The molecule has 0 aliphatic carbocycles. The Hall–Kier alpha value is -1.78. The van der Waals surface area contributed by atoms with E-state index in [2.05, 4.69) is 10.1 Å². The number of rotatable bonds is 2. The van der Waals surface area contributed by atoms with Crippen LogP contribution >= 0.6 is 0 Å². The first-order valence-electron chi connectivity index (χ1n) is 5.02. The molecule has 86 valence electrons. The van der Waals surface area contributed by atoms with Gasteiger partial charge in [0.25, 0.3) is 0 Å². The molecule has 2 heterocycles. The molecule has 5 heteroatoms. The third-order valence-electron chi connectivity index (χ3n) is 2.66. The summed E-state index contributed by atoms with van der Waals surface area (Å²) >= 11 is 0. The minimum Gasteiger partial charge on any atom is -0.481 e. The van der Waals surface area contributed by atoms with Crippen molar-refractivity contribution in [1.29, 1.82) is 0 Å². The molecule has 0 radical (unpaired) electrons. The van der Waals surface area contributed by atoms with Crippen LogP contribution in [0.25, 0.3) is 11.1 Å². The van der Waals surface area contributed by atoms with Gasteiger partial charge >= 0.3 is 0 Å². The lowest BCUT2D eigenvalue weighted by atomic mass is 10.1. The van der Waals surface area contributed by atoms with Gasteiger partial charge in [-0.15, -0.1) is 5.10 Å². The minimum atomic E-state index is 0.580. The summed E-state index contributed by atoms with van der Waals surface area (Å²) in [5.74, 6) is 1.28. The van der Waals surface area contributed by atoms with Crippen molar-refractivity contribution in [3.8, 4) is 22.9 Å². The molecule has 0 aromatic heterocycles. The highest BCUT2D eigenvalue weighted by Gasteiger charge is 2.25. The van der Waals surface area contributed by atoms with Crippen LogP contribution in [0.1, 0.15) is 11.4 Å². The SMILES string of the molecule is COc1nn(C)c(OC)c2c(C)nc(C)c1-2. The molecule has 2 aliphatic heterocycles. The summed E-state index contributed by atoms with van der Waals surface area (Å²) < 4.78 is 12.3. The minimum absolute atomic E-state index is 0.580. The van der Waals surface area contributed by atoms with Gasteiger partial charge in [0, 0.05) is 7.05 Å². The Labute approximate surface area is 94.3 Å². The second kappa shape index (κ2) is 3.66. The fourth-order valence-electron chi connectivity index (χ4n) is 2.02. The molecular formula is C11H15N3O2. The molecule has 16 heavy (non-hydrogen) atoms. The van der Waals surface area contributed by atoms with Gasteiger partial charge in [0.2, 0.25) is 11.8 Å². The zero-order valence-electron chi connectivity index (χ0n) is 10.2. The number of hydrogen-bond donors (Lipinski definition) is 0. The van der Waals surface area contributed by atoms with Gasteiger partial charge in [-0.2, -0.15) is 0 Å². The molecule has 0 aromatic rings. The fourth-order valence-corrected chi connectivity index (χ4v) is 2.02. The lowest BCUT2D eigenvalue weighted by Crippen LogP contribution is -2.08. The standard InChI is InChI=1S/C11H15N3O2/c1-6-8-9(7(2)12-6)11(16-5)14(3)13-10(8)15-4/h1-5H3. The number of ether oxygens (including phenoxy) is 2. The molecule has 0 spiro atoms. The second-order valence-corrected chi connectivity index (χ2v) is 3.67. The van der Waals surface area contributed by atoms with Crippen LogP contribution in [0.5, 0.6) is 11.8 Å². The van der Waals surface area contributed by atoms with E-state index >= 15 is 0 Å². The van der Waals surface area contributed by atoms with Crippen LogP contribution in [0, 0.1) is 13.8 Å². The van der Waals surface area contributed by atoms with E-state index in [1.165, 1.54) is 0 Å². The van der Waals surface area contributed by atoms with Crippen LogP contribution in [0.4, 0.5) is 0 Å². The number of hydrogen-bond acceptors (Lipinski definition) is 4. The van der Waals surface area contributed by atoms with Gasteiger partial charge in [-0.3, -0.25) is 4.98 Å². The van der Waals surface area contributed by atoms with Gasteiger partial charge in [0.05, 0.1) is 36.7 Å². The quantitative estimate of drug-likeness (QED) is 0.772. The lowest BCUT2D eigenvalue weighted by molar-refractivity contribution is 0.343. The molecule has 0 amide bonds. The molecule has 0 atom stereocenters. The summed E-state index contributed by atoms with van der Waals surface area (Å²) in [5, 5.41) is 4.29. The van der Waals surface area contributed by atoms with E-state index in [-0.39, 0.29) is 0 Å². The van der Waals surface area contributed by atoms with Gasteiger partial charge < -0.3 is 9.47 Å². The normalized spacial score (nSPS) is 10.8. The van der Waals surface area contributed by atoms with Crippen molar-refractivity contribution in [3.05, 3.63) is 11.4 Å². The molecule has 0 aromatic carbocycles. The van der Waals surface area contributed by atoms with Crippen LogP contribution in [-0.4, -0.2) is 29.0 Å². The number of methoxy groups -OCH3 is 2. The second-order valence-electron chi connectivity index (χ2n) is 3.67. The monoisotopic (exact) mass is 221 g/mol. The van der Waals surface area contributed by atoms with Crippen molar-refractivity contribution in [1.82, 2.24) is 14.8 Å².